The van der Waals surface area contributed by atoms with Crippen LogP contribution in [0.25, 0.3) is 11.0 Å². The molecule has 38 heavy (non-hydrogen) atoms. The molecule has 8 nitrogen and oxygen atoms in total. The molecule has 1 aromatic carbocycles. The van der Waals surface area contributed by atoms with E-state index < -0.39 is 0 Å². The first-order valence-electron chi connectivity index (χ1n) is 14.1. The maximum Gasteiger partial charge on any atom is 0.339 e. The molecule has 2 aliphatic heterocycles. The molecular weight excluding hydrogens is 484 g/mol. The second kappa shape index (κ2) is 10.6. The Morgan fingerprint density at radius 1 is 1.13 bits per heavy atom. The van der Waals surface area contributed by atoms with Crippen LogP contribution in [0.1, 0.15) is 76.5 Å². The number of likely N-dealkylation sites (tertiary alicyclic amines) is 1. The third-order valence-electron chi connectivity index (χ3n) is 8.22. The number of carbonyl (C=O) groups excluding carboxylic acids is 2. The van der Waals surface area contributed by atoms with Gasteiger partial charge in [0.25, 0.3) is 5.91 Å². The van der Waals surface area contributed by atoms with Crippen molar-refractivity contribution in [2.45, 2.75) is 84.7 Å². The van der Waals surface area contributed by atoms with E-state index in [1.807, 2.05) is 19.9 Å². The van der Waals surface area contributed by atoms with Crippen LogP contribution in [-0.4, -0.2) is 48.6 Å². The first-order valence-corrected chi connectivity index (χ1v) is 14.1. The molecule has 1 aliphatic carbocycles. The molecule has 0 saturated carbocycles. The first kappa shape index (κ1) is 26.6. The van der Waals surface area contributed by atoms with Gasteiger partial charge in [-0.1, -0.05) is 13.8 Å². The van der Waals surface area contributed by atoms with Gasteiger partial charge in [-0.3, -0.25) is 9.59 Å². The average Bonchev–Trinajstić information content (AvgIpc) is 3.37. The Morgan fingerprint density at radius 3 is 2.61 bits per heavy atom. The van der Waals surface area contributed by atoms with Gasteiger partial charge < -0.3 is 24.1 Å². The fourth-order valence-corrected chi connectivity index (χ4v) is 5.92. The molecule has 1 saturated heterocycles. The van der Waals surface area contributed by atoms with Gasteiger partial charge in [0.1, 0.15) is 22.7 Å². The van der Waals surface area contributed by atoms with Crippen molar-refractivity contribution in [3.63, 3.8) is 0 Å². The highest BCUT2D eigenvalue weighted by atomic mass is 16.5. The molecule has 0 radical (unpaired) electrons. The Morgan fingerprint density at radius 2 is 1.87 bits per heavy atom. The number of hydrogen-bond donors (Lipinski definition) is 1. The zero-order chi connectivity index (χ0) is 27.0. The molecule has 5 rings (SSSR count). The van der Waals surface area contributed by atoms with Crippen LogP contribution in [0.2, 0.25) is 0 Å². The maximum atomic E-state index is 13.1. The summed E-state index contributed by atoms with van der Waals surface area (Å²) in [5.74, 6) is 1.67. The predicted octanol–water partition coefficient (Wildman–Crippen LogP) is 4.17. The molecule has 3 heterocycles. The van der Waals surface area contributed by atoms with Crippen LogP contribution in [0, 0.1) is 11.8 Å². The van der Waals surface area contributed by atoms with Crippen molar-refractivity contribution in [1.82, 2.24) is 10.2 Å². The van der Waals surface area contributed by atoms with Crippen molar-refractivity contribution < 1.29 is 23.5 Å². The molecule has 0 atom stereocenters. The van der Waals surface area contributed by atoms with Gasteiger partial charge in [-0.05, 0) is 76.7 Å². The second-order valence-electron chi connectivity index (χ2n) is 12.0. The van der Waals surface area contributed by atoms with E-state index in [9.17, 15) is 14.4 Å². The molecule has 0 unspecified atom stereocenters. The lowest BCUT2D eigenvalue weighted by Gasteiger charge is -2.33. The van der Waals surface area contributed by atoms with Crippen molar-refractivity contribution in [3.05, 3.63) is 33.2 Å². The van der Waals surface area contributed by atoms with Gasteiger partial charge >= 0.3 is 5.63 Å². The summed E-state index contributed by atoms with van der Waals surface area (Å²) in [6.45, 7) is 10.0. The Hall–Kier alpha value is -3.03. The number of piperidine rings is 1. The van der Waals surface area contributed by atoms with E-state index in [-0.39, 0.29) is 35.6 Å². The first-order chi connectivity index (χ1) is 18.1. The molecule has 0 spiro atoms. The fourth-order valence-electron chi connectivity index (χ4n) is 5.92. The molecule has 2 amide bonds. The van der Waals surface area contributed by atoms with Crippen molar-refractivity contribution >= 4 is 22.8 Å². The number of hydrogen-bond acceptors (Lipinski definition) is 6. The topological polar surface area (TPSA) is 98.1 Å². The van der Waals surface area contributed by atoms with Crippen LogP contribution >= 0.6 is 0 Å². The minimum Gasteiger partial charge on any atom is -0.487 e. The number of benzene rings is 1. The minimum atomic E-state index is -0.337. The summed E-state index contributed by atoms with van der Waals surface area (Å²) in [6, 6.07) is 1.87. The van der Waals surface area contributed by atoms with Gasteiger partial charge in [0, 0.05) is 42.7 Å². The van der Waals surface area contributed by atoms with Crippen LogP contribution in [-0.2, 0) is 28.9 Å². The third kappa shape index (κ3) is 5.40. The summed E-state index contributed by atoms with van der Waals surface area (Å²) in [5, 5.41) is 3.85. The quantitative estimate of drug-likeness (QED) is 0.546. The minimum absolute atomic E-state index is 0.0530. The van der Waals surface area contributed by atoms with Crippen LogP contribution < -0.4 is 20.4 Å². The van der Waals surface area contributed by atoms with Crippen molar-refractivity contribution in [2.24, 2.45) is 11.8 Å². The lowest BCUT2D eigenvalue weighted by atomic mass is 9.91. The highest BCUT2D eigenvalue weighted by Crippen LogP contribution is 2.44. The van der Waals surface area contributed by atoms with Crippen molar-refractivity contribution in [1.29, 1.82) is 0 Å². The molecule has 2 aromatic rings. The predicted molar refractivity (Wildman–Crippen MR) is 145 cm³/mol. The summed E-state index contributed by atoms with van der Waals surface area (Å²) in [4.78, 5) is 40.1. The number of fused-ring (bicyclic) bond motifs is 5. The molecule has 3 aliphatic rings. The number of carbonyl (C=O) groups is 2. The van der Waals surface area contributed by atoms with Gasteiger partial charge in [-0.25, -0.2) is 4.79 Å². The monoisotopic (exact) mass is 524 g/mol. The van der Waals surface area contributed by atoms with Crippen LogP contribution in [0.15, 0.2) is 15.3 Å². The van der Waals surface area contributed by atoms with E-state index in [1.165, 1.54) is 0 Å². The van der Waals surface area contributed by atoms with Gasteiger partial charge in [-0.2, -0.15) is 0 Å². The Labute approximate surface area is 224 Å². The van der Waals surface area contributed by atoms with Gasteiger partial charge in [0.2, 0.25) is 5.91 Å². The Kier molecular flexibility index (Phi) is 7.43. The number of aryl methyl sites for hydroxylation is 2. The standard InChI is InChI=1S/C30H40N2O6/c1-18(2)9-13-31-28(34)19-10-14-32(15-11-19)25(33)17-36-24-16-23-22(8-12-30(3,4)38-23)27-26(24)20-6-5-7-21(20)29(35)37-27/h16,18-19H,5-15,17H2,1-4H3,(H,31,34). The lowest BCUT2D eigenvalue weighted by Crippen LogP contribution is -2.44. The SMILES string of the molecule is CC(C)CCNC(=O)C1CCN(C(=O)COc2cc3c(c4oc(=O)c5c(c24)CCC5)CCC(C)(C)O3)CC1. The molecule has 1 fully saturated rings. The number of nitrogens with zero attached hydrogens (tertiary/aromatic N) is 1. The molecule has 1 N–H and O–H groups in total. The van der Waals surface area contributed by atoms with E-state index in [0.29, 0.717) is 61.9 Å². The number of amides is 2. The highest BCUT2D eigenvalue weighted by Gasteiger charge is 2.33. The summed E-state index contributed by atoms with van der Waals surface area (Å²) in [6.07, 6.45) is 6.24. The Bertz CT molecular complexity index is 1290. The molecule has 8 heteroatoms. The average molecular weight is 525 g/mol. The van der Waals surface area contributed by atoms with Gasteiger partial charge in [0.05, 0.1) is 5.39 Å². The van der Waals surface area contributed by atoms with Gasteiger partial charge in [0.15, 0.2) is 6.61 Å². The third-order valence-corrected chi connectivity index (χ3v) is 8.22. The normalized spacial score (nSPS) is 18.7. The lowest BCUT2D eigenvalue weighted by molar-refractivity contribution is -0.137. The summed E-state index contributed by atoms with van der Waals surface area (Å²) < 4.78 is 18.3. The van der Waals surface area contributed by atoms with Gasteiger partial charge in [-0.15, -0.1) is 0 Å². The molecule has 1 aromatic heterocycles. The summed E-state index contributed by atoms with van der Waals surface area (Å²) in [7, 11) is 0. The van der Waals surface area contributed by atoms with Crippen LogP contribution in [0.5, 0.6) is 11.5 Å². The van der Waals surface area contributed by atoms with E-state index in [1.54, 1.807) is 4.90 Å². The van der Waals surface area contributed by atoms with E-state index >= 15 is 0 Å². The summed E-state index contributed by atoms with van der Waals surface area (Å²) in [5.41, 5.74) is 2.53. The smallest absolute Gasteiger partial charge is 0.339 e. The van der Waals surface area contributed by atoms with Crippen molar-refractivity contribution in [2.75, 3.05) is 26.2 Å². The molecule has 206 valence electrons. The zero-order valence-electron chi connectivity index (χ0n) is 23.1. The zero-order valence-corrected chi connectivity index (χ0v) is 23.1. The van der Waals surface area contributed by atoms with Crippen molar-refractivity contribution in [3.8, 4) is 11.5 Å². The largest absolute Gasteiger partial charge is 0.487 e. The Balaban J connectivity index is 1.30. The molecule has 0 bridgehead atoms. The van der Waals surface area contributed by atoms with E-state index in [4.69, 9.17) is 13.9 Å². The van der Waals surface area contributed by atoms with Crippen LogP contribution in [0.3, 0.4) is 0 Å². The number of rotatable bonds is 7. The molecular formula is C30H40N2O6. The maximum absolute atomic E-state index is 13.1. The fraction of sp³-hybridized carbons (Fsp3) is 0.633. The van der Waals surface area contributed by atoms with E-state index in [2.05, 4.69) is 19.2 Å². The van der Waals surface area contributed by atoms with E-state index in [0.717, 1.165) is 54.2 Å². The summed E-state index contributed by atoms with van der Waals surface area (Å²) >= 11 is 0. The number of ether oxygens (including phenoxy) is 2. The second-order valence-corrected chi connectivity index (χ2v) is 12.0. The van der Waals surface area contributed by atoms with Crippen LogP contribution in [0.4, 0.5) is 0 Å². The highest BCUT2D eigenvalue weighted by molar-refractivity contribution is 5.93. The number of nitrogens with one attached hydrogen (secondary N) is 1.